The highest BCUT2D eigenvalue weighted by molar-refractivity contribution is 5.22. The van der Waals surface area contributed by atoms with Crippen molar-refractivity contribution in [1.82, 2.24) is 0 Å². The monoisotopic (exact) mass is 303 g/mol. The van der Waals surface area contributed by atoms with Gasteiger partial charge >= 0.3 is 0 Å². The van der Waals surface area contributed by atoms with Gasteiger partial charge in [-0.05, 0) is 6.08 Å². The molecule has 0 aromatic carbocycles. The lowest BCUT2D eigenvalue weighted by Gasteiger charge is -2.39. The van der Waals surface area contributed by atoms with Crippen LogP contribution in [0.4, 0.5) is 0 Å². The molecule has 2 rings (SSSR count). The molecule has 2 aliphatic rings. The summed E-state index contributed by atoms with van der Waals surface area (Å²) >= 11 is 0. The number of aliphatic hydroxyl groups excluding tert-OH is 6. The minimum absolute atomic E-state index is 0.109. The topological polar surface area (TPSA) is 164 Å². The highest BCUT2D eigenvalue weighted by atomic mass is 16.7. The average molecular weight is 303 g/mol. The number of nitrogens with zero attached hydrogens (tertiary/aromatic N) is 1. The number of rotatable bonds is 3. The van der Waals surface area contributed by atoms with Gasteiger partial charge in [0, 0.05) is 0 Å². The lowest BCUT2D eigenvalue weighted by molar-refractivity contribution is -0.292. The Labute approximate surface area is 119 Å². The second-order valence-electron chi connectivity index (χ2n) is 4.97. The first kappa shape index (κ1) is 16.1. The largest absolute Gasteiger partial charge is 0.465 e. The summed E-state index contributed by atoms with van der Waals surface area (Å²) in [6.07, 6.45) is -8.93. The normalized spacial score (nSPS) is 46.8. The average Bonchev–Trinajstić information content (AvgIpc) is 2.74. The van der Waals surface area contributed by atoms with Crippen LogP contribution in [-0.2, 0) is 9.47 Å². The van der Waals surface area contributed by atoms with E-state index in [2.05, 4.69) is 0 Å². The molecule has 1 fully saturated rings. The van der Waals surface area contributed by atoms with Gasteiger partial charge in [0.1, 0.15) is 48.3 Å². The summed E-state index contributed by atoms with van der Waals surface area (Å²) in [6.45, 7) is -0.614. The van der Waals surface area contributed by atoms with Gasteiger partial charge < -0.3 is 40.1 Å². The van der Waals surface area contributed by atoms with Gasteiger partial charge in [0.15, 0.2) is 0 Å². The second kappa shape index (κ2) is 6.25. The highest BCUT2D eigenvalue weighted by Crippen LogP contribution is 2.31. The molecule has 118 valence electrons. The van der Waals surface area contributed by atoms with Crippen LogP contribution < -0.4 is 0 Å². The van der Waals surface area contributed by atoms with Crippen LogP contribution in [0.2, 0.25) is 0 Å². The van der Waals surface area contributed by atoms with Gasteiger partial charge in [0.05, 0.1) is 12.7 Å². The van der Waals surface area contributed by atoms with Crippen LogP contribution in [0.25, 0.3) is 0 Å². The Morgan fingerprint density at radius 2 is 1.76 bits per heavy atom. The van der Waals surface area contributed by atoms with Gasteiger partial charge in [0.2, 0.25) is 6.29 Å². The lowest BCUT2D eigenvalue weighted by atomic mass is 9.99. The molecule has 0 spiro atoms. The summed E-state index contributed by atoms with van der Waals surface area (Å²) in [4.78, 5) is 0. The quantitative estimate of drug-likeness (QED) is 0.311. The molecular formula is C12H17NO8. The molecule has 0 aromatic heterocycles. The molecule has 1 aliphatic carbocycles. The van der Waals surface area contributed by atoms with E-state index in [0.717, 1.165) is 6.08 Å². The van der Waals surface area contributed by atoms with Gasteiger partial charge in [-0.2, -0.15) is 5.26 Å². The van der Waals surface area contributed by atoms with Crippen molar-refractivity contribution in [3.63, 3.8) is 0 Å². The molecule has 0 saturated carbocycles. The maximum atomic E-state index is 9.80. The predicted octanol–water partition coefficient (Wildman–Crippen LogP) is -3.44. The van der Waals surface area contributed by atoms with Crippen LogP contribution in [0.3, 0.4) is 0 Å². The van der Waals surface area contributed by atoms with Gasteiger partial charge in [-0.25, -0.2) is 0 Å². The Bertz CT molecular complexity index is 447. The van der Waals surface area contributed by atoms with Crippen molar-refractivity contribution in [2.75, 3.05) is 6.61 Å². The lowest BCUT2D eigenvalue weighted by Crippen LogP contribution is -2.59. The molecule has 9 nitrogen and oxygen atoms in total. The third-order valence-electron chi connectivity index (χ3n) is 3.57. The molecule has 21 heavy (non-hydrogen) atoms. The van der Waals surface area contributed by atoms with E-state index in [-0.39, 0.29) is 5.76 Å². The van der Waals surface area contributed by atoms with Crippen molar-refractivity contribution in [3.05, 3.63) is 11.8 Å². The maximum Gasteiger partial charge on any atom is 0.228 e. The molecule has 8 atom stereocenters. The van der Waals surface area contributed by atoms with Gasteiger partial charge in [-0.1, -0.05) is 0 Å². The van der Waals surface area contributed by atoms with Crippen molar-refractivity contribution in [1.29, 1.82) is 5.26 Å². The van der Waals surface area contributed by atoms with E-state index in [0.29, 0.717) is 0 Å². The zero-order valence-corrected chi connectivity index (χ0v) is 10.9. The van der Waals surface area contributed by atoms with Gasteiger partial charge in [0.25, 0.3) is 0 Å². The Morgan fingerprint density at radius 3 is 2.33 bits per heavy atom. The molecule has 8 unspecified atom stereocenters. The van der Waals surface area contributed by atoms with Crippen LogP contribution in [0.5, 0.6) is 0 Å². The number of aliphatic hydroxyl groups is 6. The van der Waals surface area contributed by atoms with E-state index < -0.39 is 55.4 Å². The summed E-state index contributed by atoms with van der Waals surface area (Å²) in [5.74, 6) is -1.26. The van der Waals surface area contributed by atoms with Crippen molar-refractivity contribution in [3.8, 4) is 6.07 Å². The van der Waals surface area contributed by atoms with Crippen LogP contribution in [0.15, 0.2) is 11.8 Å². The van der Waals surface area contributed by atoms with Crippen LogP contribution in [0, 0.1) is 17.2 Å². The van der Waals surface area contributed by atoms with Crippen molar-refractivity contribution >= 4 is 0 Å². The first-order valence-corrected chi connectivity index (χ1v) is 6.35. The van der Waals surface area contributed by atoms with Gasteiger partial charge in [-0.3, -0.25) is 0 Å². The Balaban J connectivity index is 2.12. The zero-order chi connectivity index (χ0) is 15.7. The zero-order valence-electron chi connectivity index (χ0n) is 10.9. The van der Waals surface area contributed by atoms with E-state index in [1.54, 1.807) is 6.07 Å². The predicted molar refractivity (Wildman–Crippen MR) is 64.1 cm³/mol. The SMILES string of the molecule is N#CC1C(OC2OC(CO)C(O)C(O)C2O)=CC(O)C1O. The second-order valence-corrected chi connectivity index (χ2v) is 4.97. The summed E-state index contributed by atoms with van der Waals surface area (Å²) in [5.41, 5.74) is 0. The maximum absolute atomic E-state index is 9.80. The van der Waals surface area contributed by atoms with E-state index in [1.165, 1.54) is 0 Å². The van der Waals surface area contributed by atoms with Gasteiger partial charge in [-0.15, -0.1) is 0 Å². The van der Waals surface area contributed by atoms with E-state index in [4.69, 9.17) is 19.8 Å². The molecule has 0 radical (unpaired) electrons. The number of hydrogen-bond donors (Lipinski definition) is 6. The third kappa shape index (κ3) is 2.88. The van der Waals surface area contributed by atoms with E-state index in [9.17, 15) is 25.5 Å². The molecule has 1 heterocycles. The molecule has 6 N–H and O–H groups in total. The van der Waals surface area contributed by atoms with E-state index >= 15 is 0 Å². The molecule has 0 aromatic rings. The Kier molecular flexibility index (Phi) is 4.80. The number of ether oxygens (including phenoxy) is 2. The molecular weight excluding hydrogens is 286 g/mol. The number of nitriles is 1. The minimum Gasteiger partial charge on any atom is -0.465 e. The summed E-state index contributed by atoms with van der Waals surface area (Å²) in [5, 5.41) is 66.1. The fraction of sp³-hybridized carbons (Fsp3) is 0.750. The first-order chi connectivity index (χ1) is 9.90. The molecule has 1 saturated heterocycles. The summed E-state index contributed by atoms with van der Waals surface area (Å²) < 4.78 is 10.3. The smallest absolute Gasteiger partial charge is 0.228 e. The van der Waals surface area contributed by atoms with Crippen LogP contribution >= 0.6 is 0 Å². The molecule has 0 amide bonds. The van der Waals surface area contributed by atoms with Crippen LogP contribution in [-0.4, -0.2) is 80.2 Å². The van der Waals surface area contributed by atoms with Crippen molar-refractivity contribution in [2.24, 2.45) is 5.92 Å². The molecule has 9 heteroatoms. The fourth-order valence-corrected chi connectivity index (χ4v) is 2.29. The highest BCUT2D eigenvalue weighted by Gasteiger charge is 2.46. The molecule has 0 bridgehead atoms. The summed E-state index contributed by atoms with van der Waals surface area (Å²) in [7, 11) is 0. The number of hydrogen-bond acceptors (Lipinski definition) is 9. The Morgan fingerprint density at radius 1 is 1.10 bits per heavy atom. The third-order valence-corrected chi connectivity index (χ3v) is 3.57. The van der Waals surface area contributed by atoms with Crippen molar-refractivity contribution in [2.45, 2.75) is 42.9 Å². The fourth-order valence-electron chi connectivity index (χ4n) is 2.29. The Hall–Kier alpha value is -1.25. The first-order valence-electron chi connectivity index (χ1n) is 6.35. The van der Waals surface area contributed by atoms with E-state index in [1.807, 2.05) is 0 Å². The summed E-state index contributed by atoms with van der Waals surface area (Å²) in [6, 6.07) is 1.74. The molecule has 1 aliphatic heterocycles. The van der Waals surface area contributed by atoms with Crippen molar-refractivity contribution < 1.29 is 40.1 Å². The minimum atomic E-state index is -1.63. The standard InChI is InChI=1S/C12H17NO8/c13-2-4-6(1-5(15)8(4)16)20-12-11(19)10(18)9(17)7(3-14)21-12/h1,4-5,7-12,14-19H,3H2. The van der Waals surface area contributed by atoms with Crippen LogP contribution in [0.1, 0.15) is 0 Å².